The van der Waals surface area contributed by atoms with Crippen molar-refractivity contribution in [3.8, 4) is 11.9 Å². The van der Waals surface area contributed by atoms with Gasteiger partial charge >= 0.3 is 0 Å². The molecular formula is C23H24FN3O3. The molecule has 0 spiro atoms. The molecule has 0 bridgehead atoms. The van der Waals surface area contributed by atoms with Crippen molar-refractivity contribution in [1.29, 1.82) is 5.26 Å². The third kappa shape index (κ3) is 5.02. The SMILES string of the molecule is COc1ccccc1C(=O)N(C#N)CCN1CCC(C(=O)c2ccc(F)cc2)CC1. The highest BCUT2D eigenvalue weighted by Crippen LogP contribution is 2.23. The fourth-order valence-corrected chi connectivity index (χ4v) is 3.67. The summed E-state index contributed by atoms with van der Waals surface area (Å²) < 4.78 is 18.3. The number of nitriles is 1. The van der Waals surface area contributed by atoms with Crippen LogP contribution in [0.15, 0.2) is 48.5 Å². The zero-order valence-electron chi connectivity index (χ0n) is 16.9. The number of amides is 1. The van der Waals surface area contributed by atoms with Crippen LogP contribution in [0, 0.1) is 23.2 Å². The number of nitrogens with zero attached hydrogens (tertiary/aromatic N) is 3. The molecule has 0 atom stereocenters. The van der Waals surface area contributed by atoms with Gasteiger partial charge in [-0.3, -0.25) is 9.59 Å². The predicted octanol–water partition coefficient (Wildman–Crippen LogP) is 3.35. The van der Waals surface area contributed by atoms with E-state index in [1.165, 1.54) is 31.4 Å². The first-order valence-corrected chi connectivity index (χ1v) is 9.90. The molecular weight excluding hydrogens is 385 g/mol. The molecule has 3 rings (SSSR count). The normalized spacial score (nSPS) is 14.7. The molecule has 1 heterocycles. The van der Waals surface area contributed by atoms with Gasteiger partial charge in [-0.05, 0) is 62.3 Å². The van der Waals surface area contributed by atoms with Gasteiger partial charge in [0.05, 0.1) is 12.7 Å². The first-order chi connectivity index (χ1) is 14.5. The van der Waals surface area contributed by atoms with Crippen LogP contribution in [0.5, 0.6) is 5.75 Å². The number of para-hydroxylation sites is 1. The van der Waals surface area contributed by atoms with Gasteiger partial charge in [0.15, 0.2) is 12.0 Å². The third-order valence-corrected chi connectivity index (χ3v) is 5.43. The van der Waals surface area contributed by atoms with E-state index < -0.39 is 5.91 Å². The minimum absolute atomic E-state index is 0.0413. The van der Waals surface area contributed by atoms with Crippen LogP contribution >= 0.6 is 0 Å². The van der Waals surface area contributed by atoms with Crippen LogP contribution < -0.4 is 4.74 Å². The molecule has 6 nitrogen and oxygen atoms in total. The standard InChI is InChI=1S/C23H24FN3O3/c1-30-21-5-3-2-4-20(21)23(29)27(16-25)15-14-26-12-10-18(11-13-26)22(28)17-6-8-19(24)9-7-17/h2-9,18H,10-15H2,1H3. The second kappa shape index (κ2) is 9.99. The molecule has 0 aliphatic carbocycles. The van der Waals surface area contributed by atoms with Crippen molar-refractivity contribution < 1.29 is 18.7 Å². The van der Waals surface area contributed by atoms with E-state index in [2.05, 4.69) is 4.90 Å². The Hall–Kier alpha value is -3.24. The Balaban J connectivity index is 1.52. The summed E-state index contributed by atoms with van der Waals surface area (Å²) in [5.74, 6) is -0.362. The lowest BCUT2D eigenvalue weighted by Gasteiger charge is -2.32. The molecule has 1 aliphatic heterocycles. The van der Waals surface area contributed by atoms with Gasteiger partial charge in [0.1, 0.15) is 11.6 Å². The van der Waals surface area contributed by atoms with Crippen molar-refractivity contribution in [3.63, 3.8) is 0 Å². The number of carbonyl (C=O) groups is 2. The largest absolute Gasteiger partial charge is 0.496 e. The molecule has 1 saturated heterocycles. The molecule has 2 aromatic rings. The van der Waals surface area contributed by atoms with Crippen LogP contribution in [0.3, 0.4) is 0 Å². The van der Waals surface area contributed by atoms with Gasteiger partial charge in [0, 0.05) is 24.6 Å². The molecule has 156 valence electrons. The summed E-state index contributed by atoms with van der Waals surface area (Å²) in [4.78, 5) is 28.6. The summed E-state index contributed by atoms with van der Waals surface area (Å²) in [6.07, 6.45) is 3.36. The van der Waals surface area contributed by atoms with E-state index in [4.69, 9.17) is 4.74 Å². The van der Waals surface area contributed by atoms with Crippen molar-refractivity contribution in [1.82, 2.24) is 9.80 Å². The van der Waals surface area contributed by atoms with Gasteiger partial charge in [0.2, 0.25) is 0 Å². The van der Waals surface area contributed by atoms with Gasteiger partial charge in [-0.1, -0.05) is 12.1 Å². The van der Waals surface area contributed by atoms with Gasteiger partial charge in [-0.15, -0.1) is 0 Å². The summed E-state index contributed by atoms with van der Waals surface area (Å²) in [6.45, 7) is 2.23. The number of ether oxygens (including phenoxy) is 1. The van der Waals surface area contributed by atoms with Crippen LogP contribution in [0.4, 0.5) is 4.39 Å². The maximum absolute atomic E-state index is 13.1. The second-order valence-corrected chi connectivity index (χ2v) is 7.24. The highest BCUT2D eigenvalue weighted by Gasteiger charge is 2.27. The van der Waals surface area contributed by atoms with Gasteiger partial charge < -0.3 is 9.64 Å². The lowest BCUT2D eigenvalue weighted by Crippen LogP contribution is -2.41. The number of piperidine rings is 1. The first kappa shape index (κ1) is 21.5. The molecule has 0 aromatic heterocycles. The van der Waals surface area contributed by atoms with Crippen LogP contribution in [-0.2, 0) is 0 Å². The first-order valence-electron chi connectivity index (χ1n) is 9.90. The van der Waals surface area contributed by atoms with Crippen LogP contribution in [0.2, 0.25) is 0 Å². The third-order valence-electron chi connectivity index (χ3n) is 5.43. The number of hydrogen-bond donors (Lipinski definition) is 0. The number of likely N-dealkylation sites (tertiary alicyclic amines) is 1. The summed E-state index contributed by atoms with van der Waals surface area (Å²) >= 11 is 0. The second-order valence-electron chi connectivity index (χ2n) is 7.24. The summed E-state index contributed by atoms with van der Waals surface area (Å²) in [6, 6.07) is 12.5. The Bertz CT molecular complexity index is 931. The minimum Gasteiger partial charge on any atom is -0.496 e. The Kier molecular flexibility index (Phi) is 7.15. The van der Waals surface area contributed by atoms with Crippen molar-refractivity contribution >= 4 is 11.7 Å². The maximum Gasteiger partial charge on any atom is 0.270 e. The van der Waals surface area contributed by atoms with E-state index in [9.17, 15) is 19.2 Å². The van der Waals surface area contributed by atoms with Gasteiger partial charge in [-0.25, -0.2) is 9.29 Å². The van der Waals surface area contributed by atoms with Crippen molar-refractivity contribution in [2.45, 2.75) is 12.8 Å². The number of carbonyl (C=O) groups excluding carboxylic acids is 2. The molecule has 0 N–H and O–H groups in total. The number of hydrogen-bond acceptors (Lipinski definition) is 5. The smallest absolute Gasteiger partial charge is 0.270 e. The zero-order chi connectivity index (χ0) is 21.5. The van der Waals surface area contributed by atoms with E-state index in [0.29, 0.717) is 49.4 Å². The summed E-state index contributed by atoms with van der Waals surface area (Å²) in [5, 5.41) is 9.44. The van der Waals surface area contributed by atoms with E-state index >= 15 is 0 Å². The Morgan fingerprint density at radius 3 is 2.47 bits per heavy atom. The molecule has 1 fully saturated rings. The fraction of sp³-hybridized carbons (Fsp3) is 0.348. The monoisotopic (exact) mass is 409 g/mol. The molecule has 2 aromatic carbocycles. The number of rotatable bonds is 7. The van der Waals surface area contributed by atoms with Crippen molar-refractivity contribution in [2.75, 3.05) is 33.3 Å². The van der Waals surface area contributed by atoms with E-state index in [-0.39, 0.29) is 24.1 Å². The number of Topliss-reactive ketones (excluding diaryl/α,β-unsaturated/α-hetero) is 1. The Morgan fingerprint density at radius 2 is 1.83 bits per heavy atom. The van der Waals surface area contributed by atoms with Crippen molar-refractivity contribution in [3.05, 3.63) is 65.5 Å². The maximum atomic E-state index is 13.1. The highest BCUT2D eigenvalue weighted by atomic mass is 19.1. The number of ketones is 1. The molecule has 1 aliphatic rings. The van der Waals surface area contributed by atoms with E-state index in [0.717, 1.165) is 4.90 Å². The molecule has 0 saturated carbocycles. The topological polar surface area (TPSA) is 73.6 Å². The predicted molar refractivity (Wildman–Crippen MR) is 110 cm³/mol. The quantitative estimate of drug-likeness (QED) is 0.398. The summed E-state index contributed by atoms with van der Waals surface area (Å²) in [5.41, 5.74) is 0.887. The lowest BCUT2D eigenvalue weighted by atomic mass is 9.89. The summed E-state index contributed by atoms with van der Waals surface area (Å²) in [7, 11) is 1.49. The van der Waals surface area contributed by atoms with Crippen LogP contribution in [-0.4, -0.2) is 54.8 Å². The van der Waals surface area contributed by atoms with Gasteiger partial charge in [0.25, 0.3) is 5.91 Å². The van der Waals surface area contributed by atoms with Gasteiger partial charge in [-0.2, -0.15) is 5.26 Å². The lowest BCUT2D eigenvalue weighted by molar-refractivity contribution is 0.0785. The van der Waals surface area contributed by atoms with E-state index in [1.54, 1.807) is 24.3 Å². The Morgan fingerprint density at radius 1 is 1.17 bits per heavy atom. The van der Waals surface area contributed by atoms with Crippen LogP contribution in [0.1, 0.15) is 33.6 Å². The molecule has 0 unspecified atom stereocenters. The minimum atomic E-state index is -0.392. The Labute approximate surface area is 175 Å². The number of halogens is 1. The number of methoxy groups -OCH3 is 1. The van der Waals surface area contributed by atoms with Crippen LogP contribution in [0.25, 0.3) is 0 Å². The average Bonchev–Trinajstić information content (AvgIpc) is 2.79. The molecule has 1 amide bonds. The zero-order valence-corrected chi connectivity index (χ0v) is 16.9. The number of benzene rings is 2. The van der Waals surface area contributed by atoms with E-state index in [1.807, 2.05) is 6.19 Å². The average molecular weight is 409 g/mol. The molecule has 0 radical (unpaired) electrons. The fourth-order valence-electron chi connectivity index (χ4n) is 3.67. The van der Waals surface area contributed by atoms with Crippen molar-refractivity contribution in [2.24, 2.45) is 5.92 Å². The molecule has 7 heteroatoms. The molecule has 30 heavy (non-hydrogen) atoms. The highest BCUT2D eigenvalue weighted by molar-refractivity contribution is 5.98.